The summed E-state index contributed by atoms with van der Waals surface area (Å²) >= 11 is 0. The van der Waals surface area contributed by atoms with E-state index >= 15 is 0 Å². The van der Waals surface area contributed by atoms with Crippen LogP contribution in [0.1, 0.15) is 58.3 Å². The molecule has 312 valence electrons. The van der Waals surface area contributed by atoms with Gasteiger partial charge in [0.15, 0.2) is 0 Å². The minimum Gasteiger partial charge on any atom is -0.485 e. The Morgan fingerprint density at radius 2 is 0.984 bits per heavy atom. The smallest absolute Gasteiger partial charge is 0.359 e. The van der Waals surface area contributed by atoms with Crippen molar-refractivity contribution in [3.8, 4) is 12.0 Å². The van der Waals surface area contributed by atoms with Crippen LogP contribution in [0.3, 0.4) is 0 Å². The predicted molar refractivity (Wildman–Crippen MR) is 258 cm³/mol. The van der Waals surface area contributed by atoms with Crippen LogP contribution >= 0.6 is 0 Å². The van der Waals surface area contributed by atoms with Crippen LogP contribution in [-0.2, 0) is 8.85 Å². The Labute approximate surface area is 371 Å². The molecule has 6 aromatic rings. The van der Waals surface area contributed by atoms with Gasteiger partial charge in [-0.15, -0.1) is 0 Å². The highest BCUT2D eigenvalue weighted by atomic mass is 28.4. The second-order valence-electron chi connectivity index (χ2n) is 18.7. The number of aliphatic hydroxyl groups excluding tert-OH is 1. The monoisotopic (exact) mass is 846 g/mol. The number of aliphatic hydroxyl groups is 1. The van der Waals surface area contributed by atoms with Crippen molar-refractivity contribution in [2.24, 2.45) is 34.5 Å². The lowest BCUT2D eigenvalue weighted by Crippen LogP contribution is -2.70. The molecule has 0 amide bonds. The summed E-state index contributed by atoms with van der Waals surface area (Å²) in [6.45, 7) is 3.23. The van der Waals surface area contributed by atoms with Gasteiger partial charge in [0, 0.05) is 17.9 Å². The van der Waals surface area contributed by atoms with E-state index in [1.165, 1.54) is 49.5 Å². The van der Waals surface area contributed by atoms with Crippen LogP contribution in [0.4, 0.5) is 0 Å². The summed E-state index contributed by atoms with van der Waals surface area (Å²) in [5, 5.41) is 18.6. The Balaban J connectivity index is 0.984. The first-order valence-corrected chi connectivity index (χ1v) is 26.8. The molecule has 0 unspecified atom stereocenters. The number of benzene rings is 6. The third-order valence-corrected chi connectivity index (χ3v) is 23.7. The number of rotatable bonds is 10. The molecule has 3 nitrogen and oxygen atoms in total. The number of hydrogen-bond donors (Lipinski definition) is 1. The molecular formula is C57H58O3Si2. The van der Waals surface area contributed by atoms with E-state index in [0.717, 1.165) is 38.5 Å². The minimum atomic E-state index is -2.94. The van der Waals surface area contributed by atoms with E-state index in [4.69, 9.17) is 8.85 Å². The maximum atomic E-state index is 11.2. The second kappa shape index (κ2) is 17.2. The van der Waals surface area contributed by atoms with E-state index < -0.39 is 16.6 Å². The fourth-order valence-electron chi connectivity index (χ4n) is 12.9. The van der Waals surface area contributed by atoms with Gasteiger partial charge in [-0.05, 0) is 106 Å². The van der Waals surface area contributed by atoms with Gasteiger partial charge in [-0.2, -0.15) is 0 Å². The zero-order chi connectivity index (χ0) is 42.0. The van der Waals surface area contributed by atoms with Gasteiger partial charge in [0.25, 0.3) is 8.32 Å². The molecule has 1 N–H and O–H groups in total. The molecule has 3 fully saturated rings. The second-order valence-corrected chi connectivity index (χ2v) is 25.4. The van der Waals surface area contributed by atoms with Crippen molar-refractivity contribution in [3.63, 3.8) is 0 Å². The van der Waals surface area contributed by atoms with Crippen LogP contribution in [0.5, 0.6) is 0 Å². The highest BCUT2D eigenvalue weighted by molar-refractivity contribution is 7.07. The third kappa shape index (κ3) is 6.97. The van der Waals surface area contributed by atoms with Crippen molar-refractivity contribution in [1.29, 1.82) is 0 Å². The average molecular weight is 847 g/mol. The molecule has 0 aromatic heterocycles. The molecule has 4 aliphatic rings. The van der Waals surface area contributed by atoms with E-state index in [1.807, 2.05) is 0 Å². The number of hydrogen-bond acceptors (Lipinski definition) is 3. The van der Waals surface area contributed by atoms with Crippen LogP contribution < -0.4 is 31.1 Å². The zero-order valence-electron chi connectivity index (χ0n) is 35.9. The van der Waals surface area contributed by atoms with Gasteiger partial charge in [-0.25, -0.2) is 0 Å². The molecule has 0 heterocycles. The van der Waals surface area contributed by atoms with E-state index in [1.54, 1.807) is 0 Å². The molecule has 3 saturated carbocycles. The molecule has 4 aliphatic carbocycles. The first-order chi connectivity index (χ1) is 30.5. The van der Waals surface area contributed by atoms with Crippen LogP contribution in [0.2, 0.25) is 0 Å². The van der Waals surface area contributed by atoms with Crippen molar-refractivity contribution in [2.75, 3.05) is 6.61 Å². The standard InChI is InChI=1S/C57H58O3Si2/c1-56-39-37-55-53(54(56)35-33-44(56)38-41-59-61(47-20-8-2-9-21-47,48-22-10-3-11-23-48)49-24-12-4-13-25-49)34-32-45-42-46(58)36-40-57(45,55)43-60-62(50-26-14-5-15-27-50,51-28-16-6-17-29-51)52-30-18-7-19-31-52/h2-31,42,44,46,53-55,58H,32-37,39-40,43H2,1H3/t44-,46-,53-,54-,55-,56+,57+/m0/s1. The highest BCUT2D eigenvalue weighted by Gasteiger charge is 2.61. The third-order valence-electron chi connectivity index (χ3n) is 15.9. The maximum Gasteiger partial charge on any atom is 0.359 e. The van der Waals surface area contributed by atoms with Crippen LogP contribution in [0.25, 0.3) is 0 Å². The Bertz CT molecular complexity index is 2330. The maximum absolute atomic E-state index is 11.2. The van der Waals surface area contributed by atoms with Crippen molar-refractivity contribution in [2.45, 2.75) is 64.4 Å². The molecule has 0 aliphatic heterocycles. The molecule has 62 heavy (non-hydrogen) atoms. The zero-order valence-corrected chi connectivity index (χ0v) is 37.9. The number of fused-ring (bicyclic) bond motifs is 5. The summed E-state index contributed by atoms with van der Waals surface area (Å²) in [5.41, 5.74) is 1.45. The average Bonchev–Trinajstić information content (AvgIpc) is 3.68. The van der Waals surface area contributed by atoms with E-state index in [0.29, 0.717) is 24.4 Å². The SMILES string of the molecule is C[C@]12CC[C@H]3[C@@H](CCC4=C[C@@H](O)CC[C@@]43CO[Si](c3ccccc3)(c3ccccc3)c3ccccc3)[C@@H]1CC[C@H]2C#CO[Si](c1ccccc1)(c1ccccc1)c1ccccc1. The minimum absolute atomic E-state index is 0.112. The molecular weight excluding hydrogens is 789 g/mol. The van der Waals surface area contributed by atoms with Crippen molar-refractivity contribution in [3.05, 3.63) is 194 Å². The van der Waals surface area contributed by atoms with E-state index in [9.17, 15) is 5.11 Å². The summed E-state index contributed by atoms with van der Waals surface area (Å²) in [6.07, 6.45) is 13.9. The summed E-state index contributed by atoms with van der Waals surface area (Å²) < 4.78 is 15.1. The lowest BCUT2D eigenvalue weighted by atomic mass is 9.46. The van der Waals surface area contributed by atoms with Gasteiger partial charge in [0.1, 0.15) is 0 Å². The molecule has 7 atom stereocenters. The van der Waals surface area contributed by atoms with Crippen LogP contribution in [0.15, 0.2) is 194 Å². The Hall–Kier alpha value is -5.23. The highest BCUT2D eigenvalue weighted by Crippen LogP contribution is 2.67. The molecule has 0 bridgehead atoms. The van der Waals surface area contributed by atoms with Gasteiger partial charge >= 0.3 is 8.32 Å². The van der Waals surface area contributed by atoms with Crippen molar-refractivity contribution < 1.29 is 14.0 Å². The van der Waals surface area contributed by atoms with Crippen LogP contribution in [-0.4, -0.2) is 34.5 Å². The summed E-state index contributed by atoms with van der Waals surface area (Å²) in [7, 11) is -5.87. The molecule has 10 rings (SSSR count). The Morgan fingerprint density at radius 1 is 0.532 bits per heavy atom. The fourth-order valence-corrected chi connectivity index (χ4v) is 20.4. The van der Waals surface area contributed by atoms with E-state index in [-0.39, 0.29) is 22.9 Å². The lowest BCUT2D eigenvalue weighted by molar-refractivity contribution is -0.0709. The molecule has 0 radical (unpaired) electrons. The first kappa shape index (κ1) is 40.8. The molecule has 0 saturated heterocycles. The Kier molecular flexibility index (Phi) is 11.3. The quantitative estimate of drug-likeness (QED) is 0.0654. The van der Waals surface area contributed by atoms with Gasteiger partial charge in [-0.1, -0.05) is 206 Å². The first-order valence-electron chi connectivity index (χ1n) is 23.0. The van der Waals surface area contributed by atoms with Crippen molar-refractivity contribution >= 4 is 47.8 Å². The molecule has 0 spiro atoms. The van der Waals surface area contributed by atoms with Gasteiger partial charge in [-0.3, -0.25) is 0 Å². The van der Waals surface area contributed by atoms with Crippen molar-refractivity contribution in [1.82, 2.24) is 0 Å². The molecule has 5 heteroatoms. The summed E-state index contributed by atoms with van der Waals surface area (Å²) in [4.78, 5) is 0. The normalized spacial score (nSPS) is 26.7. The van der Waals surface area contributed by atoms with Gasteiger partial charge in [0.05, 0.1) is 12.2 Å². The topological polar surface area (TPSA) is 38.7 Å². The molecule has 6 aromatic carbocycles. The fraction of sp³-hybridized carbons (Fsp3) is 0.298. The summed E-state index contributed by atoms with van der Waals surface area (Å²) in [5.74, 6) is 5.80. The summed E-state index contributed by atoms with van der Waals surface area (Å²) in [6, 6.07) is 65.5. The lowest BCUT2D eigenvalue weighted by Gasteiger charge is -2.59. The van der Waals surface area contributed by atoms with Crippen LogP contribution in [0, 0.1) is 46.5 Å². The largest absolute Gasteiger partial charge is 0.485 e. The Morgan fingerprint density at radius 3 is 1.45 bits per heavy atom. The predicted octanol–water partition coefficient (Wildman–Crippen LogP) is 8.23. The van der Waals surface area contributed by atoms with Gasteiger partial charge in [0.2, 0.25) is 0 Å². The van der Waals surface area contributed by atoms with Gasteiger partial charge < -0.3 is 14.0 Å². The van der Waals surface area contributed by atoms with E-state index in [2.05, 4.69) is 207 Å².